The first kappa shape index (κ1) is 8.55. The van der Waals surface area contributed by atoms with Crippen molar-refractivity contribution in [2.75, 3.05) is 11.9 Å². The fourth-order valence-electron chi connectivity index (χ4n) is 1.78. The van der Waals surface area contributed by atoms with Gasteiger partial charge in [0.25, 0.3) is 0 Å². The summed E-state index contributed by atoms with van der Waals surface area (Å²) in [5.41, 5.74) is 1.37. The van der Waals surface area contributed by atoms with Gasteiger partial charge in [0.1, 0.15) is 5.69 Å². The van der Waals surface area contributed by atoms with Crippen molar-refractivity contribution >= 4 is 38.5 Å². The number of carboxylic acids is 1. The topological polar surface area (TPSA) is 65.1 Å². The number of hydrogen-bond acceptors (Lipinski definition) is 3. The molecule has 0 radical (unpaired) electrons. The quantitative estimate of drug-likeness (QED) is 0.691. The van der Waals surface area contributed by atoms with E-state index >= 15 is 0 Å². The summed E-state index contributed by atoms with van der Waals surface area (Å²) < 4.78 is 0.812. The van der Waals surface area contributed by atoms with Crippen LogP contribution in [0.25, 0.3) is 16.2 Å². The van der Waals surface area contributed by atoms with Crippen molar-refractivity contribution in [1.82, 2.24) is 4.98 Å². The van der Waals surface area contributed by atoms with Crippen LogP contribution in [0.1, 0.15) is 16.1 Å². The lowest BCUT2D eigenvalue weighted by molar-refractivity contribution is 0.0693. The van der Waals surface area contributed by atoms with Crippen molar-refractivity contribution in [2.24, 2.45) is 0 Å². The number of aromatic carboxylic acids is 1. The fourth-order valence-corrected chi connectivity index (χ4v) is 2.95. The molecule has 3 rings (SSSR count). The maximum atomic E-state index is 10.9. The lowest BCUT2D eigenvalue weighted by atomic mass is 10.2. The molecule has 4 nitrogen and oxygen atoms in total. The van der Waals surface area contributed by atoms with Crippen molar-refractivity contribution in [1.29, 1.82) is 0 Å². The molecule has 0 atom stereocenters. The molecule has 1 aliphatic rings. The van der Waals surface area contributed by atoms with E-state index in [1.54, 1.807) is 6.20 Å². The molecule has 0 saturated carbocycles. The minimum atomic E-state index is -0.910. The van der Waals surface area contributed by atoms with Gasteiger partial charge in [-0.2, -0.15) is 0 Å². The van der Waals surface area contributed by atoms with Crippen molar-refractivity contribution in [2.45, 2.75) is 0 Å². The van der Waals surface area contributed by atoms with Crippen LogP contribution in [0.4, 0.5) is 5.00 Å². The molecule has 3 N–H and O–H groups in total. The number of aromatic nitrogens is 1. The highest BCUT2D eigenvalue weighted by Gasteiger charge is 2.18. The number of carbonyl (C=O) groups is 1. The summed E-state index contributed by atoms with van der Waals surface area (Å²) in [7, 11) is 0. The Labute approximate surface area is 89.2 Å². The van der Waals surface area contributed by atoms with Crippen LogP contribution < -0.4 is 5.32 Å². The lowest BCUT2D eigenvalue weighted by Crippen LogP contribution is -2.00. The van der Waals surface area contributed by atoms with Crippen LogP contribution in [0.2, 0.25) is 0 Å². The average Bonchev–Trinajstić information content (AvgIpc) is 2.74. The zero-order valence-corrected chi connectivity index (χ0v) is 8.52. The average molecular weight is 220 g/mol. The van der Waals surface area contributed by atoms with Gasteiger partial charge in [-0.25, -0.2) is 4.79 Å². The van der Waals surface area contributed by atoms with Gasteiger partial charge in [0, 0.05) is 23.7 Å². The maximum absolute atomic E-state index is 10.9. The normalized spacial score (nSPS) is 13.9. The number of carboxylic acid groups (broad SMARTS) is 1. The minimum absolute atomic E-state index is 0.277. The van der Waals surface area contributed by atoms with Crippen molar-refractivity contribution in [3.63, 3.8) is 0 Å². The Hall–Kier alpha value is -1.75. The number of hydrogen-bond donors (Lipinski definition) is 3. The smallest absolute Gasteiger partial charge is 0.353 e. The van der Waals surface area contributed by atoms with Gasteiger partial charge >= 0.3 is 5.97 Å². The van der Waals surface area contributed by atoms with Crippen molar-refractivity contribution in [3.05, 3.63) is 23.5 Å². The number of fused-ring (bicyclic) bond motifs is 3. The summed E-state index contributed by atoms with van der Waals surface area (Å²) in [4.78, 5) is 13.7. The summed E-state index contributed by atoms with van der Waals surface area (Å²) in [6, 6.07) is 0. The van der Waals surface area contributed by atoms with E-state index in [9.17, 15) is 4.79 Å². The highest BCUT2D eigenvalue weighted by Crippen LogP contribution is 2.39. The first-order chi connectivity index (χ1) is 7.27. The van der Waals surface area contributed by atoms with E-state index in [0.717, 1.165) is 27.2 Å². The molecular formula is C10H8N2O2S. The molecule has 0 aromatic carbocycles. The van der Waals surface area contributed by atoms with Gasteiger partial charge in [-0.1, -0.05) is 12.2 Å². The Balaban J connectivity index is 2.34. The van der Waals surface area contributed by atoms with E-state index in [2.05, 4.69) is 10.3 Å². The molecule has 2 aromatic heterocycles. The summed E-state index contributed by atoms with van der Waals surface area (Å²) in [6.07, 6.45) is 5.82. The Kier molecular flexibility index (Phi) is 1.63. The molecule has 0 fully saturated rings. The van der Waals surface area contributed by atoms with Gasteiger partial charge in [0.2, 0.25) is 0 Å². The van der Waals surface area contributed by atoms with Gasteiger partial charge in [0.05, 0.1) is 9.70 Å². The molecule has 0 amide bonds. The van der Waals surface area contributed by atoms with E-state index in [1.807, 2.05) is 12.2 Å². The van der Waals surface area contributed by atoms with E-state index in [-0.39, 0.29) is 5.69 Å². The second-order valence-corrected chi connectivity index (χ2v) is 4.36. The number of H-pyrrole nitrogens is 1. The molecule has 0 saturated heterocycles. The Morgan fingerprint density at radius 1 is 1.53 bits per heavy atom. The molecule has 2 aromatic rings. The van der Waals surface area contributed by atoms with Crippen LogP contribution in [0.3, 0.4) is 0 Å². The van der Waals surface area contributed by atoms with Crippen LogP contribution in [0, 0.1) is 0 Å². The summed E-state index contributed by atoms with van der Waals surface area (Å²) in [6.45, 7) is 0.808. The third kappa shape index (κ3) is 1.10. The molecular weight excluding hydrogens is 212 g/mol. The summed E-state index contributed by atoms with van der Waals surface area (Å²) in [5.74, 6) is -0.910. The highest BCUT2D eigenvalue weighted by molar-refractivity contribution is 7.23. The molecule has 0 unspecified atom stereocenters. The zero-order valence-electron chi connectivity index (χ0n) is 7.70. The van der Waals surface area contributed by atoms with Gasteiger partial charge < -0.3 is 15.4 Å². The predicted molar refractivity (Wildman–Crippen MR) is 60.7 cm³/mol. The number of rotatable bonds is 1. The maximum Gasteiger partial charge on any atom is 0.353 e. The van der Waals surface area contributed by atoms with Gasteiger partial charge in [-0.3, -0.25) is 0 Å². The second-order valence-electron chi connectivity index (χ2n) is 3.34. The second kappa shape index (κ2) is 2.87. The first-order valence-corrected chi connectivity index (χ1v) is 5.36. The van der Waals surface area contributed by atoms with E-state index < -0.39 is 5.97 Å². The lowest BCUT2D eigenvalue weighted by Gasteiger charge is -2.06. The van der Waals surface area contributed by atoms with Crippen molar-refractivity contribution < 1.29 is 9.90 Å². The van der Waals surface area contributed by atoms with E-state index in [4.69, 9.17) is 5.11 Å². The Morgan fingerprint density at radius 2 is 2.40 bits per heavy atom. The third-order valence-corrected chi connectivity index (χ3v) is 3.65. The van der Waals surface area contributed by atoms with E-state index in [1.165, 1.54) is 11.3 Å². The number of nitrogens with one attached hydrogen (secondary N) is 2. The van der Waals surface area contributed by atoms with Crippen molar-refractivity contribution in [3.8, 4) is 0 Å². The van der Waals surface area contributed by atoms with Gasteiger partial charge in [-0.15, -0.1) is 11.3 Å². The SMILES string of the molecule is O=C(O)c1[nH]cc2c3c(sc12)NCC=C3. The van der Waals surface area contributed by atoms with Crippen LogP contribution in [0.5, 0.6) is 0 Å². The van der Waals surface area contributed by atoms with Gasteiger partial charge in [-0.05, 0) is 0 Å². The molecule has 0 bridgehead atoms. The fraction of sp³-hybridized carbons (Fsp3) is 0.100. The molecule has 1 aliphatic heterocycles. The first-order valence-electron chi connectivity index (χ1n) is 4.55. The zero-order chi connectivity index (χ0) is 10.4. The predicted octanol–water partition coefficient (Wildman–Crippen LogP) is 2.37. The largest absolute Gasteiger partial charge is 0.477 e. The van der Waals surface area contributed by atoms with Crippen LogP contribution in [-0.4, -0.2) is 22.6 Å². The van der Waals surface area contributed by atoms with Crippen LogP contribution in [-0.2, 0) is 0 Å². The molecule has 0 spiro atoms. The molecule has 76 valence electrons. The molecule has 3 heterocycles. The highest BCUT2D eigenvalue weighted by atomic mass is 32.1. The number of anilines is 1. The minimum Gasteiger partial charge on any atom is -0.477 e. The monoisotopic (exact) mass is 220 g/mol. The van der Waals surface area contributed by atoms with E-state index in [0.29, 0.717) is 0 Å². The van der Waals surface area contributed by atoms with Gasteiger partial charge in [0.15, 0.2) is 0 Å². The number of thiophene rings is 1. The van der Waals surface area contributed by atoms with Crippen LogP contribution >= 0.6 is 11.3 Å². The Morgan fingerprint density at radius 3 is 3.20 bits per heavy atom. The Bertz CT molecular complexity index is 580. The molecule has 0 aliphatic carbocycles. The standard InChI is InChI=1S/C10H8N2O2S/c13-10(14)7-8-6(4-12-7)5-2-1-3-11-9(5)15-8/h1-2,4,11-12H,3H2,(H,13,14). The summed E-state index contributed by atoms with van der Waals surface area (Å²) in [5, 5.41) is 14.2. The molecule has 15 heavy (non-hydrogen) atoms. The summed E-state index contributed by atoms with van der Waals surface area (Å²) >= 11 is 1.49. The van der Waals surface area contributed by atoms with Crippen LogP contribution in [0.15, 0.2) is 12.3 Å². The molecule has 5 heteroatoms. The number of aromatic amines is 1. The third-order valence-electron chi connectivity index (χ3n) is 2.45.